The number of nitrogens with one attached hydrogen (secondary N) is 1. The molecule has 19 heavy (non-hydrogen) atoms. The molecule has 7 nitrogen and oxygen atoms in total. The van der Waals surface area contributed by atoms with E-state index in [0.717, 1.165) is 0 Å². The van der Waals surface area contributed by atoms with Crippen molar-refractivity contribution >= 4 is 20.0 Å². The van der Waals surface area contributed by atoms with Crippen molar-refractivity contribution in [3.63, 3.8) is 0 Å². The standard InChI is InChI=1S/C10H17N3O4S2/c11-8-9-3-1-4-10(7-9)19(16,17)13-5-2-6-18(12,14)15/h1,3-4,7,13H,2,5-6,8,11H2,(H2,12,14,15). The fourth-order valence-corrected chi connectivity index (χ4v) is 3.09. The average molecular weight is 307 g/mol. The van der Waals surface area contributed by atoms with Crippen LogP contribution < -0.4 is 15.6 Å². The predicted molar refractivity (Wildman–Crippen MR) is 72.1 cm³/mol. The normalized spacial score (nSPS) is 12.5. The first-order chi connectivity index (χ1) is 8.74. The van der Waals surface area contributed by atoms with Gasteiger partial charge in [0.15, 0.2) is 0 Å². The first-order valence-electron chi connectivity index (χ1n) is 5.54. The lowest BCUT2D eigenvalue weighted by Crippen LogP contribution is -2.27. The second-order valence-electron chi connectivity index (χ2n) is 3.97. The van der Waals surface area contributed by atoms with Crippen LogP contribution in [0.2, 0.25) is 0 Å². The molecule has 0 unspecified atom stereocenters. The molecule has 0 fully saturated rings. The van der Waals surface area contributed by atoms with Crippen molar-refractivity contribution < 1.29 is 16.8 Å². The second kappa shape index (κ2) is 6.44. The summed E-state index contributed by atoms with van der Waals surface area (Å²) >= 11 is 0. The molecular formula is C10H17N3O4S2. The number of benzene rings is 1. The summed E-state index contributed by atoms with van der Waals surface area (Å²) in [5, 5.41) is 4.82. The fraction of sp³-hybridized carbons (Fsp3) is 0.400. The molecule has 0 saturated heterocycles. The highest BCUT2D eigenvalue weighted by molar-refractivity contribution is 7.89. The Balaban J connectivity index is 2.65. The molecule has 9 heteroatoms. The van der Waals surface area contributed by atoms with E-state index in [-0.39, 0.29) is 30.2 Å². The summed E-state index contributed by atoms with van der Waals surface area (Å²) in [6.07, 6.45) is 0.120. The number of primary sulfonamides is 1. The van der Waals surface area contributed by atoms with Gasteiger partial charge in [-0.1, -0.05) is 12.1 Å². The molecule has 1 rings (SSSR count). The maximum atomic E-state index is 11.9. The largest absolute Gasteiger partial charge is 0.326 e. The number of hydrogen-bond acceptors (Lipinski definition) is 5. The highest BCUT2D eigenvalue weighted by atomic mass is 32.2. The highest BCUT2D eigenvalue weighted by Crippen LogP contribution is 2.10. The molecular weight excluding hydrogens is 290 g/mol. The van der Waals surface area contributed by atoms with Gasteiger partial charge in [0.2, 0.25) is 20.0 Å². The van der Waals surface area contributed by atoms with Gasteiger partial charge in [0.05, 0.1) is 10.6 Å². The van der Waals surface area contributed by atoms with E-state index in [1.165, 1.54) is 12.1 Å². The van der Waals surface area contributed by atoms with Gasteiger partial charge in [-0.05, 0) is 24.1 Å². The second-order valence-corrected chi connectivity index (χ2v) is 7.47. The summed E-state index contributed by atoms with van der Waals surface area (Å²) in [5.41, 5.74) is 6.14. The number of rotatable bonds is 7. The molecule has 1 aromatic carbocycles. The van der Waals surface area contributed by atoms with Crippen LogP contribution in [0.1, 0.15) is 12.0 Å². The van der Waals surface area contributed by atoms with Gasteiger partial charge in [-0.3, -0.25) is 0 Å². The van der Waals surface area contributed by atoms with Gasteiger partial charge in [0.1, 0.15) is 0 Å². The van der Waals surface area contributed by atoms with Crippen molar-refractivity contribution in [3.8, 4) is 0 Å². The van der Waals surface area contributed by atoms with Crippen molar-refractivity contribution in [2.45, 2.75) is 17.9 Å². The monoisotopic (exact) mass is 307 g/mol. The van der Waals surface area contributed by atoms with Crippen LogP contribution in [-0.2, 0) is 26.6 Å². The van der Waals surface area contributed by atoms with Crippen molar-refractivity contribution in [1.82, 2.24) is 4.72 Å². The quantitative estimate of drug-likeness (QED) is 0.562. The van der Waals surface area contributed by atoms with E-state index in [9.17, 15) is 16.8 Å². The first-order valence-corrected chi connectivity index (χ1v) is 8.73. The Hall–Kier alpha value is -1.00. The summed E-state index contributed by atoms with van der Waals surface area (Å²) in [5.74, 6) is -0.266. The third-order valence-corrected chi connectivity index (χ3v) is 4.66. The van der Waals surface area contributed by atoms with Gasteiger partial charge in [0.25, 0.3) is 0 Å². The van der Waals surface area contributed by atoms with Crippen LogP contribution in [0.5, 0.6) is 0 Å². The molecule has 108 valence electrons. The molecule has 0 saturated carbocycles. The van der Waals surface area contributed by atoms with Gasteiger partial charge in [-0.15, -0.1) is 0 Å². The predicted octanol–water partition coefficient (Wildman–Crippen LogP) is -0.898. The van der Waals surface area contributed by atoms with Crippen LogP contribution in [0.25, 0.3) is 0 Å². The molecule has 0 atom stereocenters. The van der Waals surface area contributed by atoms with E-state index in [2.05, 4.69) is 4.72 Å². The van der Waals surface area contributed by atoms with E-state index in [0.29, 0.717) is 5.56 Å². The zero-order valence-corrected chi connectivity index (χ0v) is 11.9. The summed E-state index contributed by atoms with van der Waals surface area (Å²) in [6.45, 7) is 0.250. The lowest BCUT2D eigenvalue weighted by atomic mass is 10.2. The zero-order chi connectivity index (χ0) is 14.5. The zero-order valence-electron chi connectivity index (χ0n) is 10.2. The SMILES string of the molecule is NCc1cccc(S(=O)(=O)NCCCS(N)(=O)=O)c1. The molecule has 0 aliphatic heterocycles. The average Bonchev–Trinajstić information content (AvgIpc) is 2.34. The highest BCUT2D eigenvalue weighted by Gasteiger charge is 2.14. The van der Waals surface area contributed by atoms with Crippen LogP contribution in [-0.4, -0.2) is 29.1 Å². The van der Waals surface area contributed by atoms with Gasteiger partial charge in [0, 0.05) is 13.1 Å². The summed E-state index contributed by atoms with van der Waals surface area (Å²) in [7, 11) is -7.22. The smallest absolute Gasteiger partial charge is 0.240 e. The Kier molecular flexibility index (Phi) is 5.44. The molecule has 0 aliphatic carbocycles. The van der Waals surface area contributed by atoms with Crippen molar-refractivity contribution in [1.29, 1.82) is 0 Å². The van der Waals surface area contributed by atoms with Crippen LogP contribution in [0.15, 0.2) is 29.2 Å². The van der Waals surface area contributed by atoms with Crippen molar-refractivity contribution in [2.75, 3.05) is 12.3 Å². The minimum Gasteiger partial charge on any atom is -0.326 e. The topological polar surface area (TPSA) is 132 Å². The summed E-state index contributed by atoms with van der Waals surface area (Å²) in [6, 6.07) is 6.24. The van der Waals surface area contributed by atoms with Gasteiger partial charge in [-0.2, -0.15) is 0 Å². The third-order valence-electron chi connectivity index (χ3n) is 2.34. The van der Waals surface area contributed by atoms with Gasteiger partial charge < -0.3 is 5.73 Å². The van der Waals surface area contributed by atoms with Crippen molar-refractivity contribution in [3.05, 3.63) is 29.8 Å². The first kappa shape index (κ1) is 16.1. The molecule has 0 amide bonds. The van der Waals surface area contributed by atoms with Gasteiger partial charge in [-0.25, -0.2) is 26.7 Å². The molecule has 0 bridgehead atoms. The summed E-state index contributed by atoms with van der Waals surface area (Å²) < 4.78 is 47.5. The van der Waals surface area contributed by atoms with E-state index < -0.39 is 20.0 Å². The Labute approximate surface area is 113 Å². The molecule has 0 radical (unpaired) electrons. The Morgan fingerprint density at radius 3 is 2.42 bits per heavy atom. The molecule has 0 spiro atoms. The summed E-state index contributed by atoms with van der Waals surface area (Å²) in [4.78, 5) is 0.103. The molecule has 5 N–H and O–H groups in total. The maximum Gasteiger partial charge on any atom is 0.240 e. The molecule has 0 aliphatic rings. The van der Waals surface area contributed by atoms with Crippen LogP contribution in [0.3, 0.4) is 0 Å². The Morgan fingerprint density at radius 1 is 1.16 bits per heavy atom. The molecule has 0 heterocycles. The van der Waals surface area contributed by atoms with E-state index in [1.807, 2.05) is 0 Å². The Morgan fingerprint density at radius 2 is 1.84 bits per heavy atom. The Bertz CT molecular complexity index is 626. The van der Waals surface area contributed by atoms with Crippen LogP contribution in [0, 0.1) is 0 Å². The number of hydrogen-bond donors (Lipinski definition) is 3. The minimum absolute atomic E-state index is 0.00557. The van der Waals surface area contributed by atoms with Crippen LogP contribution in [0.4, 0.5) is 0 Å². The van der Waals surface area contributed by atoms with Crippen LogP contribution >= 0.6 is 0 Å². The maximum absolute atomic E-state index is 11.9. The fourth-order valence-electron chi connectivity index (χ4n) is 1.40. The lowest BCUT2D eigenvalue weighted by Gasteiger charge is -2.07. The number of sulfonamides is 2. The van der Waals surface area contributed by atoms with Gasteiger partial charge >= 0.3 is 0 Å². The number of nitrogens with two attached hydrogens (primary N) is 2. The van der Waals surface area contributed by atoms with E-state index >= 15 is 0 Å². The van der Waals surface area contributed by atoms with E-state index in [4.69, 9.17) is 10.9 Å². The molecule has 1 aromatic rings. The third kappa shape index (κ3) is 5.66. The van der Waals surface area contributed by atoms with Crippen molar-refractivity contribution in [2.24, 2.45) is 10.9 Å². The minimum atomic E-state index is -3.65. The van der Waals surface area contributed by atoms with E-state index in [1.54, 1.807) is 12.1 Å². The lowest BCUT2D eigenvalue weighted by molar-refractivity contribution is 0.576. The molecule has 0 aromatic heterocycles.